The fourth-order valence-electron chi connectivity index (χ4n) is 5.32. The van der Waals surface area contributed by atoms with Gasteiger partial charge in [0.05, 0.1) is 19.1 Å². The molecule has 0 aromatic rings. The molecular weight excluding hydrogens is 507 g/mol. The van der Waals surface area contributed by atoms with Crippen molar-refractivity contribution >= 4 is 35.8 Å². The van der Waals surface area contributed by atoms with Gasteiger partial charge in [-0.05, 0) is 45.2 Å². The molecule has 1 aliphatic carbocycles. The summed E-state index contributed by atoms with van der Waals surface area (Å²) < 4.78 is 5.59. The Bertz CT molecular complexity index is 564. The molecule has 4 N–H and O–H groups in total. The number of morpholine rings is 1. The van der Waals surface area contributed by atoms with Gasteiger partial charge in [-0.1, -0.05) is 19.3 Å². The van der Waals surface area contributed by atoms with Gasteiger partial charge < -0.3 is 26.0 Å². The summed E-state index contributed by atoms with van der Waals surface area (Å²) in [5.41, 5.74) is 5.72. The van der Waals surface area contributed by atoms with E-state index >= 15 is 0 Å². The maximum Gasteiger partial charge on any atom is 0.221 e. The molecule has 3 aliphatic rings. The van der Waals surface area contributed by atoms with Gasteiger partial charge in [0.25, 0.3) is 0 Å². The van der Waals surface area contributed by atoms with Gasteiger partial charge in [0, 0.05) is 45.3 Å². The predicted molar refractivity (Wildman–Crippen MR) is 136 cm³/mol. The fraction of sp³-hybridized carbons (Fsp3) is 0.909. The zero-order valence-electron chi connectivity index (χ0n) is 19.2. The van der Waals surface area contributed by atoms with Crippen LogP contribution in [0.4, 0.5) is 0 Å². The molecule has 31 heavy (non-hydrogen) atoms. The maximum absolute atomic E-state index is 11.4. The molecule has 0 bridgehead atoms. The second-order valence-corrected chi connectivity index (χ2v) is 9.13. The molecule has 3 rings (SSSR count). The number of halogens is 1. The van der Waals surface area contributed by atoms with Crippen molar-refractivity contribution in [3.8, 4) is 0 Å². The summed E-state index contributed by atoms with van der Waals surface area (Å²) in [5.74, 6) is 0.759. The lowest BCUT2D eigenvalue weighted by molar-refractivity contribution is -0.123. The van der Waals surface area contributed by atoms with Crippen LogP contribution in [0.5, 0.6) is 0 Å². The quantitative estimate of drug-likeness (QED) is 0.183. The minimum absolute atomic E-state index is 0. The molecule has 9 heteroatoms. The van der Waals surface area contributed by atoms with Crippen molar-refractivity contribution in [3.63, 3.8) is 0 Å². The first-order valence-electron chi connectivity index (χ1n) is 11.9. The van der Waals surface area contributed by atoms with Crippen molar-refractivity contribution in [2.24, 2.45) is 16.6 Å². The molecule has 3 fully saturated rings. The number of carbonyl (C=O) groups excluding carboxylic acids is 1. The van der Waals surface area contributed by atoms with Crippen LogP contribution < -0.4 is 16.4 Å². The normalized spacial score (nSPS) is 25.5. The number of hydrogen-bond donors (Lipinski definition) is 3. The molecule has 0 aromatic carbocycles. The number of rotatable bonds is 8. The molecule has 2 heterocycles. The largest absolute Gasteiger partial charge is 0.379 e. The van der Waals surface area contributed by atoms with Crippen molar-refractivity contribution in [3.05, 3.63) is 0 Å². The Hall–Kier alpha value is -0.650. The zero-order chi connectivity index (χ0) is 21.2. The van der Waals surface area contributed by atoms with Gasteiger partial charge in [0.1, 0.15) is 0 Å². The number of hydrogen-bond acceptors (Lipinski definition) is 5. The highest BCUT2D eigenvalue weighted by atomic mass is 127. The third-order valence-electron chi connectivity index (χ3n) is 7.13. The standard InChI is InChI=1S/C22H42N6O2.HI/c1-24-21(25-10-6-12-27-11-5-7-19(17-27)20(23)29)26-18-22(8-3-2-4-9-22)28-13-15-30-16-14-28;/h19H,2-18H2,1H3,(H2,23,29)(H2,24,25,26);1H. The molecule has 2 aliphatic heterocycles. The van der Waals surface area contributed by atoms with E-state index in [0.29, 0.717) is 0 Å². The number of nitrogens with one attached hydrogen (secondary N) is 2. The first kappa shape index (κ1) is 26.6. The molecule has 2 saturated heterocycles. The highest BCUT2D eigenvalue weighted by Gasteiger charge is 2.38. The molecule has 180 valence electrons. The molecule has 0 aromatic heterocycles. The van der Waals surface area contributed by atoms with E-state index < -0.39 is 0 Å². The van der Waals surface area contributed by atoms with E-state index in [1.165, 1.54) is 32.1 Å². The number of piperidine rings is 1. The molecular formula is C22H43IN6O2. The number of guanidine groups is 1. The predicted octanol–water partition coefficient (Wildman–Crippen LogP) is 1.39. The number of amides is 1. The number of aliphatic imine (C=N–C) groups is 1. The fourth-order valence-corrected chi connectivity index (χ4v) is 5.32. The van der Waals surface area contributed by atoms with Crippen molar-refractivity contribution in [2.75, 3.05) is 66.1 Å². The lowest BCUT2D eigenvalue weighted by atomic mass is 9.80. The van der Waals surface area contributed by atoms with Crippen LogP contribution in [-0.2, 0) is 9.53 Å². The van der Waals surface area contributed by atoms with E-state index in [0.717, 1.165) is 84.2 Å². The summed E-state index contributed by atoms with van der Waals surface area (Å²) in [6.45, 7) is 8.46. The number of ether oxygens (including phenoxy) is 1. The average molecular weight is 551 g/mol. The zero-order valence-corrected chi connectivity index (χ0v) is 21.6. The average Bonchev–Trinajstić information content (AvgIpc) is 2.80. The van der Waals surface area contributed by atoms with Crippen molar-refractivity contribution in [1.82, 2.24) is 20.4 Å². The summed E-state index contributed by atoms with van der Waals surface area (Å²) >= 11 is 0. The van der Waals surface area contributed by atoms with E-state index in [2.05, 4.69) is 25.4 Å². The van der Waals surface area contributed by atoms with Crippen LogP contribution in [0.25, 0.3) is 0 Å². The first-order chi connectivity index (χ1) is 14.6. The number of primary amides is 1. The van der Waals surface area contributed by atoms with Crippen LogP contribution in [0.2, 0.25) is 0 Å². The van der Waals surface area contributed by atoms with Crippen LogP contribution >= 0.6 is 24.0 Å². The summed E-state index contributed by atoms with van der Waals surface area (Å²) in [6.07, 6.45) is 9.52. The number of likely N-dealkylation sites (tertiary alicyclic amines) is 1. The van der Waals surface area contributed by atoms with Crippen LogP contribution in [-0.4, -0.2) is 93.3 Å². The number of carbonyl (C=O) groups is 1. The molecule has 1 unspecified atom stereocenters. The van der Waals surface area contributed by atoms with Gasteiger partial charge in [0.2, 0.25) is 5.91 Å². The Morgan fingerprint density at radius 2 is 1.87 bits per heavy atom. The van der Waals surface area contributed by atoms with Gasteiger partial charge in [-0.25, -0.2) is 0 Å². The van der Waals surface area contributed by atoms with E-state index in [9.17, 15) is 4.79 Å². The summed E-state index contributed by atoms with van der Waals surface area (Å²) in [5, 5.41) is 7.10. The summed E-state index contributed by atoms with van der Waals surface area (Å²) in [6, 6.07) is 0. The lowest BCUT2D eigenvalue weighted by Gasteiger charge is -2.48. The molecule has 1 saturated carbocycles. The highest BCUT2D eigenvalue weighted by Crippen LogP contribution is 2.33. The van der Waals surface area contributed by atoms with Crippen molar-refractivity contribution in [1.29, 1.82) is 0 Å². The third-order valence-corrected chi connectivity index (χ3v) is 7.13. The number of nitrogens with two attached hydrogens (primary N) is 1. The second-order valence-electron chi connectivity index (χ2n) is 9.13. The topological polar surface area (TPSA) is 95.2 Å². The molecule has 1 atom stereocenters. The van der Waals surface area contributed by atoms with E-state index in [1.54, 1.807) is 0 Å². The van der Waals surface area contributed by atoms with Crippen LogP contribution in [0.1, 0.15) is 51.4 Å². The van der Waals surface area contributed by atoms with Crippen LogP contribution in [0, 0.1) is 5.92 Å². The van der Waals surface area contributed by atoms with Gasteiger partial charge in [0.15, 0.2) is 5.96 Å². The van der Waals surface area contributed by atoms with E-state index in [1.807, 2.05) is 7.05 Å². The van der Waals surface area contributed by atoms with Crippen molar-refractivity contribution in [2.45, 2.75) is 56.9 Å². The molecule has 1 amide bonds. The minimum atomic E-state index is -0.153. The molecule has 8 nitrogen and oxygen atoms in total. The van der Waals surface area contributed by atoms with Gasteiger partial charge in [-0.3, -0.25) is 14.7 Å². The van der Waals surface area contributed by atoms with Gasteiger partial charge >= 0.3 is 0 Å². The lowest BCUT2D eigenvalue weighted by Crippen LogP contribution is -2.60. The first-order valence-corrected chi connectivity index (χ1v) is 11.9. The maximum atomic E-state index is 11.4. The molecule has 0 spiro atoms. The van der Waals surface area contributed by atoms with Crippen LogP contribution in [0.3, 0.4) is 0 Å². The van der Waals surface area contributed by atoms with Gasteiger partial charge in [-0.15, -0.1) is 24.0 Å². The Morgan fingerprint density at radius 1 is 1.13 bits per heavy atom. The van der Waals surface area contributed by atoms with Gasteiger partial charge in [-0.2, -0.15) is 0 Å². The smallest absolute Gasteiger partial charge is 0.221 e. The van der Waals surface area contributed by atoms with Crippen LogP contribution in [0.15, 0.2) is 4.99 Å². The van der Waals surface area contributed by atoms with Crippen molar-refractivity contribution < 1.29 is 9.53 Å². The number of nitrogens with zero attached hydrogens (tertiary/aromatic N) is 3. The monoisotopic (exact) mass is 550 g/mol. The van der Waals surface area contributed by atoms with E-state index in [-0.39, 0.29) is 41.3 Å². The Kier molecular flexibility index (Phi) is 11.8. The minimum Gasteiger partial charge on any atom is -0.379 e. The molecule has 0 radical (unpaired) electrons. The van der Waals surface area contributed by atoms with E-state index in [4.69, 9.17) is 10.5 Å². The highest BCUT2D eigenvalue weighted by molar-refractivity contribution is 14.0. The third kappa shape index (κ3) is 8.01. The Labute approximate surface area is 205 Å². The Morgan fingerprint density at radius 3 is 2.55 bits per heavy atom. The SMILES string of the molecule is CN=C(NCCCN1CCCC(C(N)=O)C1)NCC1(N2CCOCC2)CCCCC1.I. The summed E-state index contributed by atoms with van der Waals surface area (Å²) in [7, 11) is 1.85. The summed E-state index contributed by atoms with van der Waals surface area (Å²) in [4.78, 5) is 20.9. The second kappa shape index (κ2) is 13.8. The Balaban J connectivity index is 0.00000341.